The van der Waals surface area contributed by atoms with Crippen LogP contribution in [-0.2, 0) is 0 Å². The lowest BCUT2D eigenvalue weighted by Gasteiger charge is -2.13. The maximum atomic E-state index is 11.6. The first kappa shape index (κ1) is 19.7. The van der Waals surface area contributed by atoms with Crippen LogP contribution in [-0.4, -0.2) is 28.6 Å². The van der Waals surface area contributed by atoms with Crippen molar-refractivity contribution < 1.29 is 14.4 Å². The van der Waals surface area contributed by atoms with Gasteiger partial charge in [0.1, 0.15) is 5.69 Å². The highest BCUT2D eigenvalue weighted by atomic mass is 127. The van der Waals surface area contributed by atoms with Crippen molar-refractivity contribution in [1.82, 2.24) is 9.97 Å². The van der Waals surface area contributed by atoms with Crippen LogP contribution >= 0.6 is 22.6 Å². The van der Waals surface area contributed by atoms with E-state index in [0.717, 1.165) is 9.99 Å². The highest BCUT2D eigenvalue weighted by Gasteiger charge is 2.19. The molecule has 0 aliphatic rings. The van der Waals surface area contributed by atoms with Gasteiger partial charge in [0.05, 0.1) is 22.2 Å². The van der Waals surface area contributed by atoms with E-state index in [-0.39, 0.29) is 5.69 Å². The molecule has 9 nitrogen and oxygen atoms in total. The summed E-state index contributed by atoms with van der Waals surface area (Å²) in [4.78, 5) is 37.3. The molecular formula is C16H16IN3O6. The summed E-state index contributed by atoms with van der Waals surface area (Å²) in [5, 5.41) is 11.1. The monoisotopic (exact) mass is 473 g/mol. The van der Waals surface area contributed by atoms with Gasteiger partial charge in [-0.15, -0.1) is 0 Å². The highest BCUT2D eigenvalue weighted by Crippen LogP contribution is 2.34. The minimum absolute atomic E-state index is 0.191. The smallest absolute Gasteiger partial charge is 0.357 e. The largest absolute Gasteiger partial charge is 0.493 e. The number of halogens is 1. The lowest BCUT2D eigenvalue weighted by Crippen LogP contribution is -2.25. The van der Waals surface area contributed by atoms with Gasteiger partial charge >= 0.3 is 16.9 Å². The molecule has 138 valence electrons. The molecule has 0 saturated carbocycles. The van der Waals surface area contributed by atoms with Crippen LogP contribution in [0, 0.1) is 13.7 Å². The average Bonchev–Trinajstić information content (AvgIpc) is 2.57. The van der Waals surface area contributed by atoms with Crippen molar-refractivity contribution >= 4 is 40.4 Å². The number of nitrogens with one attached hydrogen (secondary N) is 2. The van der Waals surface area contributed by atoms with Crippen LogP contribution in [0.3, 0.4) is 0 Å². The number of methoxy groups -OCH3 is 1. The van der Waals surface area contributed by atoms with E-state index in [2.05, 4.69) is 27.6 Å². The SMILES string of the molecule is CCCOc1c(I)cc(/C=C/c2[nH]c(=O)[nH]c(=O)c2[N+](=O)[O-])cc1OC. The fourth-order valence-corrected chi connectivity index (χ4v) is 2.94. The summed E-state index contributed by atoms with van der Waals surface area (Å²) < 4.78 is 11.8. The first-order chi connectivity index (χ1) is 12.4. The fraction of sp³-hybridized carbons (Fsp3) is 0.250. The van der Waals surface area contributed by atoms with Crippen molar-refractivity contribution in [3.63, 3.8) is 0 Å². The molecule has 2 rings (SSSR count). The Hall–Kier alpha value is -2.63. The molecule has 0 unspecified atom stereocenters. The van der Waals surface area contributed by atoms with Gasteiger partial charge in [-0.25, -0.2) is 4.79 Å². The Bertz CT molecular complexity index is 963. The Kier molecular flexibility index (Phi) is 6.55. The number of aromatic amines is 2. The van der Waals surface area contributed by atoms with Crippen LogP contribution in [0.1, 0.15) is 24.6 Å². The standard InChI is InChI=1S/C16H16IN3O6/c1-3-6-26-14-10(17)7-9(8-12(14)25-2)4-5-11-13(20(23)24)15(21)19-16(22)18-11/h4-5,7-8H,3,6H2,1-2H3,(H2,18,19,21,22)/b5-4+. The van der Waals surface area contributed by atoms with Gasteiger partial charge in [0.2, 0.25) is 0 Å². The van der Waals surface area contributed by atoms with Gasteiger partial charge in [0, 0.05) is 0 Å². The lowest BCUT2D eigenvalue weighted by atomic mass is 10.1. The summed E-state index contributed by atoms with van der Waals surface area (Å²) in [6, 6.07) is 3.49. The Morgan fingerprint density at radius 1 is 1.27 bits per heavy atom. The zero-order valence-corrected chi connectivity index (χ0v) is 16.2. The molecule has 0 amide bonds. The van der Waals surface area contributed by atoms with E-state index in [1.807, 2.05) is 11.9 Å². The predicted octanol–water partition coefficient (Wildman–Crippen LogP) is 2.54. The zero-order valence-electron chi connectivity index (χ0n) is 14.0. The molecule has 0 radical (unpaired) electrons. The van der Waals surface area contributed by atoms with Crippen molar-refractivity contribution in [2.75, 3.05) is 13.7 Å². The molecule has 1 aromatic carbocycles. The Morgan fingerprint density at radius 3 is 2.62 bits per heavy atom. The van der Waals surface area contributed by atoms with Crippen molar-refractivity contribution in [3.8, 4) is 11.5 Å². The molecule has 0 saturated heterocycles. The van der Waals surface area contributed by atoms with Crippen LogP contribution < -0.4 is 20.7 Å². The van der Waals surface area contributed by atoms with Crippen LogP contribution in [0.2, 0.25) is 0 Å². The summed E-state index contributed by atoms with van der Waals surface area (Å²) >= 11 is 2.10. The van der Waals surface area contributed by atoms with Gasteiger partial charge in [-0.2, -0.15) is 0 Å². The maximum absolute atomic E-state index is 11.6. The van der Waals surface area contributed by atoms with E-state index in [1.165, 1.54) is 19.3 Å². The molecule has 0 atom stereocenters. The average molecular weight is 473 g/mol. The van der Waals surface area contributed by atoms with Gasteiger partial charge in [-0.1, -0.05) is 13.0 Å². The predicted molar refractivity (Wildman–Crippen MR) is 105 cm³/mol. The number of benzene rings is 1. The van der Waals surface area contributed by atoms with E-state index in [9.17, 15) is 19.7 Å². The van der Waals surface area contributed by atoms with Crippen LogP contribution in [0.5, 0.6) is 11.5 Å². The Morgan fingerprint density at radius 2 is 2.00 bits per heavy atom. The summed E-state index contributed by atoms with van der Waals surface area (Å²) in [6.45, 7) is 2.54. The molecule has 2 aromatic rings. The minimum Gasteiger partial charge on any atom is -0.493 e. The summed E-state index contributed by atoms with van der Waals surface area (Å²) in [5.74, 6) is 1.13. The molecule has 10 heteroatoms. The van der Waals surface area contributed by atoms with E-state index in [0.29, 0.717) is 23.7 Å². The molecule has 26 heavy (non-hydrogen) atoms. The first-order valence-electron chi connectivity index (χ1n) is 7.56. The second-order valence-electron chi connectivity index (χ2n) is 5.14. The minimum atomic E-state index is -1.06. The third-order valence-corrected chi connectivity index (χ3v) is 4.07. The van der Waals surface area contributed by atoms with Gasteiger partial charge in [-0.05, 0) is 52.8 Å². The number of ether oxygens (including phenoxy) is 2. The quantitative estimate of drug-likeness (QED) is 0.362. The molecule has 0 fully saturated rings. The van der Waals surface area contributed by atoms with Crippen LogP contribution in [0.25, 0.3) is 12.2 Å². The maximum Gasteiger partial charge on any atom is 0.357 e. The molecule has 1 heterocycles. The molecule has 2 N–H and O–H groups in total. The first-order valence-corrected chi connectivity index (χ1v) is 8.64. The van der Waals surface area contributed by atoms with E-state index in [4.69, 9.17) is 9.47 Å². The van der Waals surface area contributed by atoms with E-state index < -0.39 is 21.9 Å². The topological polar surface area (TPSA) is 127 Å². The van der Waals surface area contributed by atoms with Gasteiger partial charge < -0.3 is 14.5 Å². The van der Waals surface area contributed by atoms with E-state index in [1.54, 1.807) is 12.1 Å². The molecule has 0 bridgehead atoms. The number of hydrogen-bond acceptors (Lipinski definition) is 6. The molecular weight excluding hydrogens is 457 g/mol. The van der Waals surface area contributed by atoms with Gasteiger partial charge in [0.15, 0.2) is 11.5 Å². The summed E-state index contributed by atoms with van der Waals surface area (Å²) in [7, 11) is 1.51. The van der Waals surface area contributed by atoms with Crippen molar-refractivity contribution in [2.45, 2.75) is 13.3 Å². The van der Waals surface area contributed by atoms with Crippen LogP contribution in [0.4, 0.5) is 5.69 Å². The van der Waals surface area contributed by atoms with Gasteiger partial charge in [0.25, 0.3) is 0 Å². The number of aromatic nitrogens is 2. The fourth-order valence-electron chi connectivity index (χ4n) is 2.16. The highest BCUT2D eigenvalue weighted by molar-refractivity contribution is 14.1. The third-order valence-electron chi connectivity index (χ3n) is 3.27. The second kappa shape index (κ2) is 8.65. The molecule has 0 aliphatic heterocycles. The lowest BCUT2D eigenvalue weighted by molar-refractivity contribution is -0.386. The second-order valence-corrected chi connectivity index (χ2v) is 6.31. The zero-order chi connectivity index (χ0) is 19.3. The number of nitrogens with zero attached hydrogens (tertiary/aromatic N) is 1. The molecule has 0 spiro atoms. The van der Waals surface area contributed by atoms with Crippen molar-refractivity contribution in [3.05, 3.63) is 57.9 Å². The third kappa shape index (κ3) is 4.50. The van der Waals surface area contributed by atoms with Crippen molar-refractivity contribution in [2.24, 2.45) is 0 Å². The van der Waals surface area contributed by atoms with Gasteiger partial charge in [-0.3, -0.25) is 19.9 Å². The van der Waals surface area contributed by atoms with Crippen LogP contribution in [0.15, 0.2) is 21.7 Å². The number of nitro groups is 1. The van der Waals surface area contributed by atoms with E-state index >= 15 is 0 Å². The number of H-pyrrole nitrogens is 2. The normalized spacial score (nSPS) is 10.9. The molecule has 0 aliphatic carbocycles. The van der Waals surface area contributed by atoms with Crippen molar-refractivity contribution in [1.29, 1.82) is 0 Å². The number of rotatable bonds is 7. The summed E-state index contributed by atoms with van der Waals surface area (Å²) in [5.41, 5.74) is -2.15. The number of hydrogen-bond donors (Lipinski definition) is 2. The summed E-state index contributed by atoms with van der Waals surface area (Å²) in [6.07, 6.45) is 3.68. The Balaban J connectivity index is 2.46. The Labute approximate surface area is 161 Å². The molecule has 1 aromatic heterocycles.